The van der Waals surface area contributed by atoms with Crippen molar-refractivity contribution < 1.29 is 5.11 Å². The number of aryl methyl sites for hydroxylation is 1. The van der Waals surface area contributed by atoms with Gasteiger partial charge in [-0.2, -0.15) is 14.6 Å². The fourth-order valence-electron chi connectivity index (χ4n) is 2.25. The Hall–Kier alpha value is -1.69. The van der Waals surface area contributed by atoms with Crippen LogP contribution >= 0.6 is 0 Å². The molecule has 0 amide bonds. The molecule has 1 fully saturated rings. The summed E-state index contributed by atoms with van der Waals surface area (Å²) in [4.78, 5) is 8.46. The molecule has 2 N–H and O–H groups in total. The molecule has 18 heavy (non-hydrogen) atoms. The fraction of sp³-hybridized carbons (Fsp3) is 0.583. The minimum atomic E-state index is -0.559. The van der Waals surface area contributed by atoms with E-state index in [-0.39, 0.29) is 0 Å². The predicted molar refractivity (Wildman–Crippen MR) is 67.5 cm³/mol. The van der Waals surface area contributed by atoms with Crippen LogP contribution in [0, 0.1) is 13.8 Å². The van der Waals surface area contributed by atoms with Gasteiger partial charge in [0.15, 0.2) is 0 Å². The van der Waals surface area contributed by atoms with Gasteiger partial charge in [0.25, 0.3) is 5.78 Å². The third kappa shape index (κ3) is 1.73. The molecule has 2 heterocycles. The van der Waals surface area contributed by atoms with E-state index in [0.29, 0.717) is 12.3 Å². The molecule has 2 aromatic rings. The Morgan fingerprint density at radius 3 is 2.89 bits per heavy atom. The topological polar surface area (TPSA) is 75.3 Å². The van der Waals surface area contributed by atoms with E-state index in [1.54, 1.807) is 4.52 Å². The van der Waals surface area contributed by atoms with E-state index in [4.69, 9.17) is 0 Å². The van der Waals surface area contributed by atoms with Crippen LogP contribution in [-0.2, 0) is 0 Å². The number of aromatic nitrogens is 4. The zero-order valence-electron chi connectivity index (χ0n) is 10.6. The number of nitrogens with one attached hydrogen (secondary N) is 1. The van der Waals surface area contributed by atoms with Crippen LogP contribution in [-0.4, -0.2) is 36.8 Å². The number of aliphatic hydroxyl groups is 1. The molecule has 2 aromatic heterocycles. The van der Waals surface area contributed by atoms with Crippen molar-refractivity contribution in [1.82, 2.24) is 19.6 Å². The van der Waals surface area contributed by atoms with E-state index in [1.165, 1.54) is 6.33 Å². The number of hydrogen-bond donors (Lipinski definition) is 2. The van der Waals surface area contributed by atoms with Gasteiger partial charge < -0.3 is 10.4 Å². The highest BCUT2D eigenvalue weighted by Gasteiger charge is 2.34. The zero-order chi connectivity index (χ0) is 12.8. The summed E-state index contributed by atoms with van der Waals surface area (Å²) in [6.07, 6.45) is 4.32. The minimum absolute atomic E-state index is 0.548. The Labute approximate surface area is 105 Å². The average Bonchev–Trinajstić information content (AvgIpc) is 2.75. The van der Waals surface area contributed by atoms with Crippen molar-refractivity contribution in [1.29, 1.82) is 0 Å². The summed E-state index contributed by atoms with van der Waals surface area (Å²) < 4.78 is 1.68. The summed E-state index contributed by atoms with van der Waals surface area (Å²) in [5, 5.41) is 17.6. The lowest BCUT2D eigenvalue weighted by molar-refractivity contribution is -0.0202. The molecule has 1 saturated carbocycles. The van der Waals surface area contributed by atoms with Crippen LogP contribution in [0.1, 0.15) is 30.5 Å². The second-order valence-corrected chi connectivity index (χ2v) is 5.07. The normalized spacial score (nSPS) is 17.7. The van der Waals surface area contributed by atoms with Crippen LogP contribution in [0.4, 0.5) is 5.82 Å². The molecule has 6 nitrogen and oxygen atoms in total. The largest absolute Gasteiger partial charge is 0.388 e. The molecule has 0 atom stereocenters. The van der Waals surface area contributed by atoms with Gasteiger partial charge >= 0.3 is 0 Å². The van der Waals surface area contributed by atoms with Crippen LogP contribution in [0.2, 0.25) is 0 Å². The van der Waals surface area contributed by atoms with E-state index >= 15 is 0 Å². The van der Waals surface area contributed by atoms with Crippen LogP contribution in [0.3, 0.4) is 0 Å². The third-order valence-corrected chi connectivity index (χ3v) is 3.78. The van der Waals surface area contributed by atoms with E-state index in [9.17, 15) is 5.11 Å². The number of fused-ring (bicyclic) bond motifs is 1. The van der Waals surface area contributed by atoms with Gasteiger partial charge in [-0.05, 0) is 33.1 Å². The molecule has 3 rings (SSSR count). The first-order valence-electron chi connectivity index (χ1n) is 6.22. The molecule has 0 radical (unpaired) electrons. The number of rotatable bonds is 3. The molecule has 0 unspecified atom stereocenters. The Morgan fingerprint density at radius 2 is 2.22 bits per heavy atom. The molecule has 0 aliphatic heterocycles. The maximum Gasteiger partial charge on any atom is 0.254 e. The Kier molecular flexibility index (Phi) is 2.48. The fourth-order valence-corrected chi connectivity index (χ4v) is 2.25. The van der Waals surface area contributed by atoms with E-state index < -0.39 is 5.60 Å². The van der Waals surface area contributed by atoms with Crippen LogP contribution < -0.4 is 5.32 Å². The Bertz CT molecular complexity index is 587. The summed E-state index contributed by atoms with van der Waals surface area (Å²) in [6, 6.07) is 0. The summed E-state index contributed by atoms with van der Waals surface area (Å²) in [6.45, 7) is 4.50. The smallest absolute Gasteiger partial charge is 0.254 e. The lowest BCUT2D eigenvalue weighted by Gasteiger charge is -2.37. The molecular weight excluding hydrogens is 230 g/mol. The number of anilines is 1. The van der Waals surface area contributed by atoms with E-state index in [2.05, 4.69) is 20.4 Å². The molecule has 6 heteroatoms. The third-order valence-electron chi connectivity index (χ3n) is 3.78. The summed E-state index contributed by atoms with van der Waals surface area (Å²) >= 11 is 0. The van der Waals surface area contributed by atoms with Gasteiger partial charge in [-0.25, -0.2) is 4.98 Å². The SMILES string of the molecule is Cc1nc2ncnn2c(NCC2(O)CCC2)c1C. The molecule has 1 aliphatic carbocycles. The van der Waals surface area contributed by atoms with Crippen molar-refractivity contribution in [2.24, 2.45) is 0 Å². The Balaban J connectivity index is 1.94. The van der Waals surface area contributed by atoms with Gasteiger partial charge in [-0.3, -0.25) is 0 Å². The quantitative estimate of drug-likeness (QED) is 0.848. The van der Waals surface area contributed by atoms with Crippen molar-refractivity contribution >= 4 is 11.6 Å². The summed E-state index contributed by atoms with van der Waals surface area (Å²) in [5.41, 5.74) is 1.41. The van der Waals surface area contributed by atoms with Crippen molar-refractivity contribution in [2.45, 2.75) is 38.7 Å². The van der Waals surface area contributed by atoms with Crippen molar-refractivity contribution in [3.8, 4) is 0 Å². The number of nitrogens with zero attached hydrogens (tertiary/aromatic N) is 4. The van der Waals surface area contributed by atoms with E-state index in [1.807, 2.05) is 13.8 Å². The van der Waals surface area contributed by atoms with Crippen molar-refractivity contribution in [2.75, 3.05) is 11.9 Å². The molecule has 0 aromatic carbocycles. The van der Waals surface area contributed by atoms with Gasteiger partial charge in [0, 0.05) is 17.8 Å². The first-order valence-corrected chi connectivity index (χ1v) is 6.22. The molecular formula is C12H17N5O. The average molecular weight is 247 g/mol. The number of hydrogen-bond acceptors (Lipinski definition) is 5. The van der Waals surface area contributed by atoms with Crippen molar-refractivity contribution in [3.63, 3.8) is 0 Å². The summed E-state index contributed by atoms with van der Waals surface area (Å²) in [5.74, 6) is 1.46. The van der Waals surface area contributed by atoms with Crippen molar-refractivity contribution in [3.05, 3.63) is 17.6 Å². The monoisotopic (exact) mass is 247 g/mol. The first kappa shape index (κ1) is 11.4. The van der Waals surface area contributed by atoms with Gasteiger partial charge in [0.05, 0.1) is 5.60 Å². The summed E-state index contributed by atoms with van der Waals surface area (Å²) in [7, 11) is 0. The molecule has 96 valence electrons. The van der Waals surface area contributed by atoms with Crippen LogP contribution in [0.25, 0.3) is 5.78 Å². The second kappa shape index (κ2) is 3.91. The van der Waals surface area contributed by atoms with Gasteiger partial charge in [-0.15, -0.1) is 0 Å². The first-order chi connectivity index (χ1) is 8.59. The van der Waals surface area contributed by atoms with Gasteiger partial charge in [-0.1, -0.05) is 0 Å². The minimum Gasteiger partial charge on any atom is -0.388 e. The molecule has 0 saturated heterocycles. The van der Waals surface area contributed by atoms with Gasteiger partial charge in [0.2, 0.25) is 0 Å². The Morgan fingerprint density at radius 1 is 1.44 bits per heavy atom. The molecule has 1 aliphatic rings. The lowest BCUT2D eigenvalue weighted by Crippen LogP contribution is -2.43. The van der Waals surface area contributed by atoms with Crippen LogP contribution in [0.5, 0.6) is 0 Å². The lowest BCUT2D eigenvalue weighted by atomic mass is 9.80. The second-order valence-electron chi connectivity index (χ2n) is 5.07. The highest BCUT2D eigenvalue weighted by molar-refractivity contribution is 5.52. The molecule has 0 spiro atoms. The standard InChI is InChI=1S/C12H17N5O/c1-8-9(2)16-11-14-7-15-17(11)10(8)13-6-12(18)4-3-5-12/h7,13,18H,3-6H2,1-2H3. The zero-order valence-corrected chi connectivity index (χ0v) is 10.6. The van der Waals surface area contributed by atoms with Crippen LogP contribution in [0.15, 0.2) is 6.33 Å². The maximum atomic E-state index is 10.1. The molecule has 0 bridgehead atoms. The highest BCUT2D eigenvalue weighted by atomic mass is 16.3. The van der Waals surface area contributed by atoms with E-state index in [0.717, 1.165) is 36.3 Å². The maximum absolute atomic E-state index is 10.1. The highest BCUT2D eigenvalue weighted by Crippen LogP contribution is 2.32. The predicted octanol–water partition coefficient (Wildman–Crippen LogP) is 1.07. The van der Waals surface area contributed by atoms with Gasteiger partial charge in [0.1, 0.15) is 12.1 Å².